The number of aromatic nitrogens is 3. The standard InChI is InChI=1S/C12H21N5/c1-9-8-17(6-5-13-9)12-14-11(15-16-12)7-10-3-2-4-10/h9-10,13H,2-8H2,1H3,(H,14,15,16)/t9-/m1/s1. The van der Waals surface area contributed by atoms with Crippen LogP contribution in [-0.2, 0) is 6.42 Å². The molecule has 5 heteroatoms. The van der Waals surface area contributed by atoms with Crippen molar-refractivity contribution >= 4 is 5.95 Å². The van der Waals surface area contributed by atoms with E-state index in [1.54, 1.807) is 0 Å². The smallest absolute Gasteiger partial charge is 0.244 e. The summed E-state index contributed by atoms with van der Waals surface area (Å²) >= 11 is 0. The number of H-pyrrole nitrogens is 1. The Morgan fingerprint density at radius 3 is 3.00 bits per heavy atom. The molecule has 1 aliphatic carbocycles. The molecule has 94 valence electrons. The van der Waals surface area contributed by atoms with E-state index in [1.807, 2.05) is 0 Å². The molecule has 2 aliphatic rings. The first-order chi connectivity index (χ1) is 8.31. The van der Waals surface area contributed by atoms with Gasteiger partial charge in [-0.25, -0.2) is 0 Å². The summed E-state index contributed by atoms with van der Waals surface area (Å²) in [5, 5.41) is 10.9. The van der Waals surface area contributed by atoms with Gasteiger partial charge in [0.2, 0.25) is 5.95 Å². The maximum absolute atomic E-state index is 4.62. The fourth-order valence-corrected chi connectivity index (χ4v) is 2.60. The molecule has 1 saturated heterocycles. The van der Waals surface area contributed by atoms with Gasteiger partial charge in [0.1, 0.15) is 5.82 Å². The Hall–Kier alpha value is -1.10. The monoisotopic (exact) mass is 235 g/mol. The normalized spacial score (nSPS) is 25.9. The minimum Gasteiger partial charge on any atom is -0.337 e. The van der Waals surface area contributed by atoms with Crippen LogP contribution in [0.4, 0.5) is 5.95 Å². The van der Waals surface area contributed by atoms with Crippen molar-refractivity contribution in [2.45, 2.75) is 38.6 Å². The van der Waals surface area contributed by atoms with E-state index in [-0.39, 0.29) is 0 Å². The predicted molar refractivity (Wildman–Crippen MR) is 67.1 cm³/mol. The molecule has 0 bridgehead atoms. The Kier molecular flexibility index (Phi) is 3.01. The van der Waals surface area contributed by atoms with E-state index in [2.05, 4.69) is 32.3 Å². The molecule has 0 unspecified atom stereocenters. The van der Waals surface area contributed by atoms with Crippen LogP contribution in [0, 0.1) is 5.92 Å². The van der Waals surface area contributed by atoms with Gasteiger partial charge in [-0.15, -0.1) is 5.10 Å². The second kappa shape index (κ2) is 4.64. The van der Waals surface area contributed by atoms with Crippen molar-refractivity contribution < 1.29 is 0 Å². The lowest BCUT2D eigenvalue weighted by molar-refractivity contribution is 0.309. The van der Waals surface area contributed by atoms with Crippen molar-refractivity contribution in [1.82, 2.24) is 20.5 Å². The van der Waals surface area contributed by atoms with Gasteiger partial charge in [-0.3, -0.25) is 5.10 Å². The zero-order valence-electron chi connectivity index (χ0n) is 10.4. The van der Waals surface area contributed by atoms with E-state index in [0.29, 0.717) is 6.04 Å². The third-order valence-electron chi connectivity index (χ3n) is 3.88. The average molecular weight is 235 g/mol. The summed E-state index contributed by atoms with van der Waals surface area (Å²) in [6.07, 6.45) is 5.19. The zero-order valence-corrected chi connectivity index (χ0v) is 10.4. The van der Waals surface area contributed by atoms with Crippen LogP contribution in [0.5, 0.6) is 0 Å². The van der Waals surface area contributed by atoms with E-state index >= 15 is 0 Å². The minimum atomic E-state index is 0.525. The van der Waals surface area contributed by atoms with Crippen molar-refractivity contribution in [1.29, 1.82) is 0 Å². The van der Waals surface area contributed by atoms with Crippen molar-refractivity contribution in [2.24, 2.45) is 5.92 Å². The molecular formula is C12H21N5. The Morgan fingerprint density at radius 1 is 1.41 bits per heavy atom. The number of hydrogen-bond acceptors (Lipinski definition) is 4. The third-order valence-corrected chi connectivity index (χ3v) is 3.88. The highest BCUT2D eigenvalue weighted by molar-refractivity contribution is 5.30. The summed E-state index contributed by atoms with van der Waals surface area (Å²) in [6, 6.07) is 0.525. The predicted octanol–water partition coefficient (Wildman–Crippen LogP) is 0.945. The van der Waals surface area contributed by atoms with Gasteiger partial charge in [0.15, 0.2) is 0 Å². The van der Waals surface area contributed by atoms with Crippen LogP contribution in [0.25, 0.3) is 0 Å². The molecule has 2 heterocycles. The van der Waals surface area contributed by atoms with Gasteiger partial charge in [-0.1, -0.05) is 19.3 Å². The fraction of sp³-hybridized carbons (Fsp3) is 0.833. The molecule has 0 radical (unpaired) electrons. The highest BCUT2D eigenvalue weighted by atomic mass is 15.4. The Labute approximate surface area is 102 Å². The highest BCUT2D eigenvalue weighted by Crippen LogP contribution is 2.29. The zero-order chi connectivity index (χ0) is 11.7. The van der Waals surface area contributed by atoms with E-state index in [0.717, 1.165) is 43.7 Å². The number of nitrogens with zero attached hydrogens (tertiary/aromatic N) is 3. The van der Waals surface area contributed by atoms with Gasteiger partial charge >= 0.3 is 0 Å². The van der Waals surface area contributed by atoms with Crippen molar-refractivity contribution in [3.8, 4) is 0 Å². The number of piperazine rings is 1. The van der Waals surface area contributed by atoms with E-state index in [9.17, 15) is 0 Å². The molecule has 1 atom stereocenters. The van der Waals surface area contributed by atoms with Gasteiger partial charge in [-0.05, 0) is 12.8 Å². The van der Waals surface area contributed by atoms with Gasteiger partial charge in [0.25, 0.3) is 0 Å². The molecule has 5 nitrogen and oxygen atoms in total. The molecule has 17 heavy (non-hydrogen) atoms. The van der Waals surface area contributed by atoms with Gasteiger partial charge in [0, 0.05) is 32.1 Å². The number of nitrogens with one attached hydrogen (secondary N) is 2. The molecule has 2 N–H and O–H groups in total. The van der Waals surface area contributed by atoms with Crippen LogP contribution in [0.15, 0.2) is 0 Å². The number of anilines is 1. The molecule has 3 rings (SSSR count). The first kappa shape index (κ1) is 11.0. The summed E-state index contributed by atoms with van der Waals surface area (Å²) in [4.78, 5) is 6.89. The molecule has 1 aliphatic heterocycles. The first-order valence-corrected chi connectivity index (χ1v) is 6.71. The second-order valence-corrected chi connectivity index (χ2v) is 5.38. The quantitative estimate of drug-likeness (QED) is 0.819. The largest absolute Gasteiger partial charge is 0.337 e. The van der Waals surface area contributed by atoms with E-state index in [1.165, 1.54) is 19.3 Å². The van der Waals surface area contributed by atoms with Gasteiger partial charge in [-0.2, -0.15) is 4.98 Å². The lowest BCUT2D eigenvalue weighted by atomic mass is 9.83. The van der Waals surface area contributed by atoms with Crippen LogP contribution in [-0.4, -0.2) is 40.9 Å². The van der Waals surface area contributed by atoms with Crippen LogP contribution >= 0.6 is 0 Å². The second-order valence-electron chi connectivity index (χ2n) is 5.38. The number of hydrogen-bond donors (Lipinski definition) is 2. The van der Waals surface area contributed by atoms with E-state index in [4.69, 9.17) is 0 Å². The number of rotatable bonds is 3. The maximum atomic E-state index is 4.62. The van der Waals surface area contributed by atoms with Crippen molar-refractivity contribution in [2.75, 3.05) is 24.5 Å². The molecule has 1 saturated carbocycles. The fourth-order valence-electron chi connectivity index (χ4n) is 2.60. The Bertz CT molecular complexity index is 371. The first-order valence-electron chi connectivity index (χ1n) is 6.71. The number of aromatic amines is 1. The summed E-state index contributed by atoms with van der Waals surface area (Å²) in [7, 11) is 0. The van der Waals surface area contributed by atoms with E-state index < -0.39 is 0 Å². The molecule has 2 fully saturated rings. The Morgan fingerprint density at radius 2 is 2.29 bits per heavy atom. The molecule has 0 spiro atoms. The van der Waals surface area contributed by atoms with Crippen LogP contribution in [0.2, 0.25) is 0 Å². The molecule has 1 aromatic heterocycles. The lowest BCUT2D eigenvalue weighted by Crippen LogP contribution is -2.49. The molecular weight excluding hydrogens is 214 g/mol. The summed E-state index contributed by atoms with van der Waals surface area (Å²) < 4.78 is 0. The average Bonchev–Trinajstić information content (AvgIpc) is 2.72. The summed E-state index contributed by atoms with van der Waals surface area (Å²) in [5.41, 5.74) is 0. The molecule has 0 amide bonds. The van der Waals surface area contributed by atoms with Crippen molar-refractivity contribution in [3.63, 3.8) is 0 Å². The lowest BCUT2D eigenvalue weighted by Gasteiger charge is -2.30. The molecule has 0 aromatic carbocycles. The SMILES string of the molecule is C[C@@H]1CN(c2n[nH]c(CC3CCC3)n2)CCN1. The van der Waals surface area contributed by atoms with Crippen LogP contribution < -0.4 is 10.2 Å². The van der Waals surface area contributed by atoms with Crippen molar-refractivity contribution in [3.05, 3.63) is 5.82 Å². The third kappa shape index (κ3) is 2.44. The Balaban J connectivity index is 1.62. The van der Waals surface area contributed by atoms with Gasteiger partial charge in [0.05, 0.1) is 0 Å². The summed E-state index contributed by atoms with van der Waals surface area (Å²) in [5.74, 6) is 2.79. The van der Waals surface area contributed by atoms with Gasteiger partial charge < -0.3 is 10.2 Å². The topological polar surface area (TPSA) is 56.8 Å². The molecule has 1 aromatic rings. The van der Waals surface area contributed by atoms with Crippen LogP contribution in [0.3, 0.4) is 0 Å². The highest BCUT2D eigenvalue weighted by Gasteiger charge is 2.22. The maximum Gasteiger partial charge on any atom is 0.244 e. The van der Waals surface area contributed by atoms with Crippen LogP contribution in [0.1, 0.15) is 32.0 Å². The summed E-state index contributed by atoms with van der Waals surface area (Å²) in [6.45, 7) is 5.23. The minimum absolute atomic E-state index is 0.525.